The zero-order chi connectivity index (χ0) is 13.7. The first-order chi connectivity index (χ1) is 9.13. The van der Waals surface area contributed by atoms with Crippen molar-refractivity contribution in [1.29, 1.82) is 0 Å². The topological polar surface area (TPSA) is 97.1 Å². The second-order valence-corrected chi connectivity index (χ2v) is 4.91. The van der Waals surface area contributed by atoms with Crippen LogP contribution in [0, 0.1) is 5.92 Å². The molecular formula is C12H18N4O3. The standard InChI is InChI=1S/C12H18N4O3/c17-11(5-4-9-2-1-3-9)13-6-10-7-16(15-14-10)8-12(18)19/h7,9H,1-6,8H2,(H,13,17)(H,18,19). The van der Waals surface area contributed by atoms with Crippen LogP contribution in [0.5, 0.6) is 0 Å². The van der Waals surface area contributed by atoms with Gasteiger partial charge in [0.1, 0.15) is 12.2 Å². The second kappa shape index (κ2) is 6.31. The molecule has 0 aliphatic heterocycles. The maximum Gasteiger partial charge on any atom is 0.325 e. The highest BCUT2D eigenvalue weighted by Crippen LogP contribution is 2.30. The van der Waals surface area contributed by atoms with E-state index in [1.165, 1.54) is 30.1 Å². The Balaban J connectivity index is 1.67. The average Bonchev–Trinajstić information content (AvgIpc) is 2.71. The van der Waals surface area contributed by atoms with Crippen molar-refractivity contribution in [3.05, 3.63) is 11.9 Å². The summed E-state index contributed by atoms with van der Waals surface area (Å²) in [6.07, 6.45) is 6.82. The molecule has 104 valence electrons. The predicted octanol–water partition coefficient (Wildman–Crippen LogP) is 0.559. The monoisotopic (exact) mass is 266 g/mol. The molecule has 2 rings (SSSR count). The Morgan fingerprint density at radius 3 is 2.89 bits per heavy atom. The lowest BCUT2D eigenvalue weighted by atomic mass is 9.82. The van der Waals surface area contributed by atoms with Crippen molar-refractivity contribution in [2.75, 3.05) is 0 Å². The number of nitrogens with zero attached hydrogens (tertiary/aromatic N) is 3. The fourth-order valence-electron chi connectivity index (χ4n) is 2.03. The minimum Gasteiger partial charge on any atom is -0.480 e. The first-order valence-electron chi connectivity index (χ1n) is 6.51. The van der Waals surface area contributed by atoms with Crippen LogP contribution in [0.2, 0.25) is 0 Å². The van der Waals surface area contributed by atoms with E-state index in [4.69, 9.17) is 5.11 Å². The summed E-state index contributed by atoms with van der Waals surface area (Å²) in [5.41, 5.74) is 0.568. The van der Waals surface area contributed by atoms with Gasteiger partial charge in [0, 0.05) is 6.42 Å². The van der Waals surface area contributed by atoms with E-state index in [2.05, 4.69) is 15.6 Å². The smallest absolute Gasteiger partial charge is 0.325 e. The summed E-state index contributed by atoms with van der Waals surface area (Å²) in [5.74, 6) is -0.233. The molecule has 1 heterocycles. The minimum absolute atomic E-state index is 0.0136. The Labute approximate surface area is 111 Å². The van der Waals surface area contributed by atoms with Gasteiger partial charge in [-0.3, -0.25) is 9.59 Å². The van der Waals surface area contributed by atoms with E-state index in [0.29, 0.717) is 18.7 Å². The number of aliphatic carboxylic acids is 1. The van der Waals surface area contributed by atoms with Gasteiger partial charge >= 0.3 is 5.97 Å². The molecule has 0 bridgehead atoms. The Kier molecular flexibility index (Phi) is 4.48. The SMILES string of the molecule is O=C(O)Cn1cc(CNC(=O)CCC2CCC2)nn1. The van der Waals surface area contributed by atoms with Crippen LogP contribution in [-0.2, 0) is 22.7 Å². The molecule has 1 amide bonds. The summed E-state index contributed by atoms with van der Waals surface area (Å²) in [7, 11) is 0. The molecule has 0 radical (unpaired) electrons. The first-order valence-corrected chi connectivity index (χ1v) is 6.51. The van der Waals surface area contributed by atoms with Gasteiger partial charge in [-0.1, -0.05) is 24.5 Å². The van der Waals surface area contributed by atoms with Crippen LogP contribution in [0.25, 0.3) is 0 Å². The van der Waals surface area contributed by atoms with Gasteiger partial charge in [-0.25, -0.2) is 4.68 Å². The Morgan fingerprint density at radius 2 is 2.26 bits per heavy atom. The molecule has 19 heavy (non-hydrogen) atoms. The average molecular weight is 266 g/mol. The highest BCUT2D eigenvalue weighted by Gasteiger charge is 2.18. The van der Waals surface area contributed by atoms with E-state index >= 15 is 0 Å². The zero-order valence-electron chi connectivity index (χ0n) is 10.7. The molecule has 0 atom stereocenters. The fraction of sp³-hybridized carbons (Fsp3) is 0.667. The van der Waals surface area contributed by atoms with Gasteiger partial charge < -0.3 is 10.4 Å². The Morgan fingerprint density at radius 1 is 1.47 bits per heavy atom. The van der Waals surface area contributed by atoms with Gasteiger partial charge in [0.25, 0.3) is 0 Å². The number of nitrogens with one attached hydrogen (secondary N) is 1. The molecular weight excluding hydrogens is 248 g/mol. The van der Waals surface area contributed by atoms with Crippen LogP contribution in [0.3, 0.4) is 0 Å². The Hall–Kier alpha value is -1.92. The number of carbonyl (C=O) groups is 2. The summed E-state index contributed by atoms with van der Waals surface area (Å²) in [6, 6.07) is 0. The van der Waals surface area contributed by atoms with Crippen molar-refractivity contribution in [2.24, 2.45) is 5.92 Å². The van der Waals surface area contributed by atoms with Crippen molar-refractivity contribution < 1.29 is 14.7 Å². The van der Waals surface area contributed by atoms with Crippen LogP contribution in [0.15, 0.2) is 6.20 Å². The summed E-state index contributed by atoms with van der Waals surface area (Å²) < 4.78 is 1.23. The first kappa shape index (κ1) is 13.5. The van der Waals surface area contributed by atoms with Crippen molar-refractivity contribution in [3.63, 3.8) is 0 Å². The molecule has 2 N–H and O–H groups in total. The molecule has 0 saturated heterocycles. The number of aromatic nitrogens is 3. The third-order valence-corrected chi connectivity index (χ3v) is 3.35. The lowest BCUT2D eigenvalue weighted by molar-refractivity contribution is -0.138. The van der Waals surface area contributed by atoms with E-state index in [-0.39, 0.29) is 12.5 Å². The molecule has 1 aliphatic rings. The van der Waals surface area contributed by atoms with Crippen LogP contribution in [0.4, 0.5) is 0 Å². The van der Waals surface area contributed by atoms with Gasteiger partial charge in [-0.05, 0) is 12.3 Å². The van der Waals surface area contributed by atoms with Gasteiger partial charge in [-0.2, -0.15) is 0 Å². The molecule has 1 aromatic heterocycles. The van der Waals surface area contributed by atoms with Crippen molar-refractivity contribution in [1.82, 2.24) is 20.3 Å². The van der Waals surface area contributed by atoms with E-state index in [0.717, 1.165) is 12.3 Å². The number of carboxylic acids is 1. The number of hydrogen-bond donors (Lipinski definition) is 2. The summed E-state index contributed by atoms with van der Waals surface area (Å²) >= 11 is 0. The van der Waals surface area contributed by atoms with Gasteiger partial charge in [0.15, 0.2) is 0 Å². The van der Waals surface area contributed by atoms with Crippen LogP contribution in [-0.4, -0.2) is 32.0 Å². The minimum atomic E-state index is -0.971. The molecule has 1 fully saturated rings. The number of rotatable bonds is 7. The lowest BCUT2D eigenvalue weighted by Gasteiger charge is -2.24. The summed E-state index contributed by atoms with van der Waals surface area (Å²) in [4.78, 5) is 22.1. The zero-order valence-corrected chi connectivity index (χ0v) is 10.7. The quantitative estimate of drug-likeness (QED) is 0.751. The molecule has 0 spiro atoms. The number of amides is 1. The number of carbonyl (C=O) groups excluding carboxylic acids is 1. The maximum absolute atomic E-state index is 11.6. The molecule has 7 nitrogen and oxygen atoms in total. The maximum atomic E-state index is 11.6. The molecule has 0 unspecified atom stereocenters. The van der Waals surface area contributed by atoms with Gasteiger partial charge in [-0.15, -0.1) is 5.10 Å². The highest BCUT2D eigenvalue weighted by atomic mass is 16.4. The molecule has 1 aliphatic carbocycles. The molecule has 1 aromatic rings. The third kappa shape index (κ3) is 4.35. The normalized spacial score (nSPS) is 14.9. The van der Waals surface area contributed by atoms with E-state index in [1.807, 2.05) is 0 Å². The van der Waals surface area contributed by atoms with Crippen molar-refractivity contribution in [3.8, 4) is 0 Å². The van der Waals surface area contributed by atoms with Crippen LogP contribution < -0.4 is 5.32 Å². The van der Waals surface area contributed by atoms with E-state index in [9.17, 15) is 9.59 Å². The Bertz CT molecular complexity index is 454. The van der Waals surface area contributed by atoms with Gasteiger partial charge in [0.2, 0.25) is 5.91 Å². The molecule has 1 saturated carbocycles. The molecule has 0 aromatic carbocycles. The number of carboxylic acid groups (broad SMARTS) is 1. The predicted molar refractivity (Wildman–Crippen MR) is 66.1 cm³/mol. The fourth-order valence-corrected chi connectivity index (χ4v) is 2.03. The third-order valence-electron chi connectivity index (χ3n) is 3.35. The largest absolute Gasteiger partial charge is 0.480 e. The summed E-state index contributed by atoms with van der Waals surface area (Å²) in [6.45, 7) is 0.0751. The molecule has 7 heteroatoms. The van der Waals surface area contributed by atoms with Crippen molar-refractivity contribution in [2.45, 2.75) is 45.2 Å². The number of hydrogen-bond acceptors (Lipinski definition) is 4. The van der Waals surface area contributed by atoms with E-state index in [1.54, 1.807) is 0 Å². The summed E-state index contributed by atoms with van der Waals surface area (Å²) in [5, 5.41) is 18.8. The highest BCUT2D eigenvalue weighted by molar-refractivity contribution is 5.75. The van der Waals surface area contributed by atoms with E-state index < -0.39 is 5.97 Å². The van der Waals surface area contributed by atoms with Gasteiger partial charge in [0.05, 0.1) is 12.7 Å². The van der Waals surface area contributed by atoms with Crippen LogP contribution >= 0.6 is 0 Å². The van der Waals surface area contributed by atoms with Crippen molar-refractivity contribution >= 4 is 11.9 Å². The lowest BCUT2D eigenvalue weighted by Crippen LogP contribution is -2.24. The van der Waals surface area contributed by atoms with Crippen LogP contribution in [0.1, 0.15) is 37.8 Å². The second-order valence-electron chi connectivity index (χ2n) is 4.91.